The highest BCUT2D eigenvalue weighted by atomic mass is 35.5. The molecule has 1 aliphatic heterocycles. The number of thioether (sulfide) groups is 2. The van der Waals surface area contributed by atoms with E-state index in [2.05, 4.69) is 47.8 Å². The standard InChI is InChI=1S/C14H24ClN3S2/c1-4-5-16-12(13-9-19-6-7-20-13)8-11-10(2)17-18(3)14(11)15/h12-13,16H,4-9H2,1-3H3. The van der Waals surface area contributed by atoms with Crippen LogP contribution in [0.2, 0.25) is 5.15 Å². The van der Waals surface area contributed by atoms with Gasteiger partial charge < -0.3 is 5.32 Å². The van der Waals surface area contributed by atoms with Crippen LogP contribution >= 0.6 is 35.1 Å². The zero-order valence-corrected chi connectivity index (χ0v) is 14.9. The van der Waals surface area contributed by atoms with Crippen LogP contribution in [-0.4, -0.2) is 44.9 Å². The van der Waals surface area contributed by atoms with Crippen molar-refractivity contribution in [3.63, 3.8) is 0 Å². The van der Waals surface area contributed by atoms with Crippen LogP contribution in [0.15, 0.2) is 0 Å². The second-order valence-electron chi connectivity index (χ2n) is 5.23. The van der Waals surface area contributed by atoms with Gasteiger partial charge in [0.1, 0.15) is 5.15 Å². The zero-order chi connectivity index (χ0) is 14.5. The van der Waals surface area contributed by atoms with Crippen molar-refractivity contribution in [1.29, 1.82) is 0 Å². The second-order valence-corrected chi connectivity index (χ2v) is 8.08. The van der Waals surface area contributed by atoms with Crippen molar-refractivity contribution < 1.29 is 0 Å². The Kier molecular flexibility index (Phi) is 6.59. The molecule has 2 atom stereocenters. The summed E-state index contributed by atoms with van der Waals surface area (Å²) in [5.41, 5.74) is 2.27. The van der Waals surface area contributed by atoms with Gasteiger partial charge in [0.25, 0.3) is 0 Å². The summed E-state index contributed by atoms with van der Waals surface area (Å²) in [6.45, 7) is 5.35. The first-order valence-corrected chi connectivity index (χ1v) is 9.82. The van der Waals surface area contributed by atoms with Crippen molar-refractivity contribution in [2.75, 3.05) is 23.8 Å². The molecule has 1 saturated heterocycles. The maximum absolute atomic E-state index is 6.39. The third-order valence-electron chi connectivity index (χ3n) is 3.64. The molecule has 1 aromatic rings. The van der Waals surface area contributed by atoms with Gasteiger partial charge in [0.05, 0.1) is 5.69 Å². The van der Waals surface area contributed by atoms with E-state index in [9.17, 15) is 0 Å². The molecule has 3 nitrogen and oxygen atoms in total. The third-order valence-corrected chi connectivity index (χ3v) is 7.03. The Labute approximate surface area is 135 Å². The lowest BCUT2D eigenvalue weighted by Crippen LogP contribution is -2.43. The molecule has 0 aliphatic carbocycles. The highest BCUT2D eigenvalue weighted by molar-refractivity contribution is 8.06. The SMILES string of the molecule is CCCNC(Cc1c(C)nn(C)c1Cl)C1CSCCS1. The Morgan fingerprint density at radius 1 is 1.50 bits per heavy atom. The first-order valence-electron chi connectivity index (χ1n) is 7.24. The van der Waals surface area contributed by atoms with Crippen molar-refractivity contribution in [3.8, 4) is 0 Å². The molecule has 1 N–H and O–H groups in total. The normalized spacial score (nSPS) is 21.1. The van der Waals surface area contributed by atoms with Gasteiger partial charge in [-0.3, -0.25) is 4.68 Å². The van der Waals surface area contributed by atoms with Gasteiger partial charge in [-0.2, -0.15) is 28.6 Å². The van der Waals surface area contributed by atoms with Gasteiger partial charge >= 0.3 is 0 Å². The van der Waals surface area contributed by atoms with Crippen LogP contribution in [0.1, 0.15) is 24.6 Å². The molecule has 0 bridgehead atoms. The minimum absolute atomic E-state index is 0.494. The van der Waals surface area contributed by atoms with E-state index >= 15 is 0 Å². The number of rotatable bonds is 6. The lowest BCUT2D eigenvalue weighted by molar-refractivity contribution is 0.505. The molecular formula is C14H24ClN3S2. The molecule has 6 heteroatoms. The number of halogens is 1. The lowest BCUT2D eigenvalue weighted by Gasteiger charge is -2.30. The van der Waals surface area contributed by atoms with E-state index in [0.717, 1.165) is 23.8 Å². The van der Waals surface area contributed by atoms with Crippen LogP contribution in [0.5, 0.6) is 0 Å². The Morgan fingerprint density at radius 2 is 2.30 bits per heavy atom. The summed E-state index contributed by atoms with van der Waals surface area (Å²) >= 11 is 10.6. The molecule has 0 radical (unpaired) electrons. The largest absolute Gasteiger partial charge is 0.313 e. The fourth-order valence-corrected chi connectivity index (χ4v) is 5.67. The van der Waals surface area contributed by atoms with Gasteiger partial charge in [-0.1, -0.05) is 18.5 Å². The maximum atomic E-state index is 6.39. The van der Waals surface area contributed by atoms with Crippen LogP contribution in [-0.2, 0) is 13.5 Å². The summed E-state index contributed by atoms with van der Waals surface area (Å²) in [5.74, 6) is 3.79. The van der Waals surface area contributed by atoms with Crippen LogP contribution in [0.3, 0.4) is 0 Å². The third kappa shape index (κ3) is 4.09. The van der Waals surface area contributed by atoms with Crippen LogP contribution < -0.4 is 5.32 Å². The predicted octanol–water partition coefficient (Wildman–Crippen LogP) is 3.14. The summed E-state index contributed by atoms with van der Waals surface area (Å²) in [6, 6.07) is 0.494. The Bertz CT molecular complexity index is 430. The van der Waals surface area contributed by atoms with E-state index in [1.54, 1.807) is 4.68 Å². The molecule has 0 spiro atoms. The number of hydrogen-bond donors (Lipinski definition) is 1. The smallest absolute Gasteiger partial charge is 0.130 e. The monoisotopic (exact) mass is 333 g/mol. The van der Waals surface area contributed by atoms with Crippen LogP contribution in [0, 0.1) is 6.92 Å². The second kappa shape index (κ2) is 7.97. The van der Waals surface area contributed by atoms with E-state index in [1.807, 2.05) is 7.05 Å². The van der Waals surface area contributed by atoms with Crippen molar-refractivity contribution in [3.05, 3.63) is 16.4 Å². The van der Waals surface area contributed by atoms with Gasteiger partial charge in [-0.05, 0) is 26.3 Å². The molecular weight excluding hydrogens is 310 g/mol. The topological polar surface area (TPSA) is 29.9 Å². The average Bonchev–Trinajstić information content (AvgIpc) is 2.70. The molecule has 1 fully saturated rings. The Hall–Kier alpha value is 0.160. The van der Waals surface area contributed by atoms with E-state index in [1.165, 1.54) is 29.2 Å². The number of aryl methyl sites for hydroxylation is 2. The molecule has 2 heterocycles. The number of nitrogens with one attached hydrogen (secondary N) is 1. The summed E-state index contributed by atoms with van der Waals surface area (Å²) in [6.07, 6.45) is 2.15. The zero-order valence-electron chi connectivity index (χ0n) is 12.5. The maximum Gasteiger partial charge on any atom is 0.130 e. The highest BCUT2D eigenvalue weighted by Gasteiger charge is 2.26. The number of aromatic nitrogens is 2. The van der Waals surface area contributed by atoms with Gasteiger partial charge in [-0.25, -0.2) is 0 Å². The predicted molar refractivity (Wildman–Crippen MR) is 92.3 cm³/mol. The van der Waals surface area contributed by atoms with Crippen LogP contribution in [0.25, 0.3) is 0 Å². The molecule has 2 unspecified atom stereocenters. The minimum atomic E-state index is 0.494. The quantitative estimate of drug-likeness (QED) is 0.866. The van der Waals surface area contributed by atoms with E-state index in [4.69, 9.17) is 11.6 Å². The number of hydrogen-bond acceptors (Lipinski definition) is 4. The van der Waals surface area contributed by atoms with Gasteiger partial charge in [0.2, 0.25) is 0 Å². The van der Waals surface area contributed by atoms with Crippen LogP contribution in [0.4, 0.5) is 0 Å². The summed E-state index contributed by atoms with van der Waals surface area (Å²) in [7, 11) is 1.92. The fraction of sp³-hybridized carbons (Fsp3) is 0.786. The molecule has 0 amide bonds. The van der Waals surface area contributed by atoms with E-state index in [0.29, 0.717) is 11.3 Å². The highest BCUT2D eigenvalue weighted by Crippen LogP contribution is 2.29. The first-order chi connectivity index (χ1) is 9.63. The van der Waals surface area contributed by atoms with E-state index in [-0.39, 0.29) is 0 Å². The molecule has 0 aromatic carbocycles. The average molecular weight is 334 g/mol. The number of nitrogens with zero attached hydrogens (tertiary/aromatic N) is 2. The van der Waals surface area contributed by atoms with E-state index < -0.39 is 0 Å². The molecule has 1 aromatic heterocycles. The van der Waals surface area contributed by atoms with Crippen molar-refractivity contribution in [2.45, 2.75) is 38.0 Å². The van der Waals surface area contributed by atoms with Gasteiger partial charge in [0.15, 0.2) is 0 Å². The molecule has 2 rings (SSSR count). The minimum Gasteiger partial charge on any atom is -0.313 e. The Morgan fingerprint density at radius 3 is 2.85 bits per heavy atom. The van der Waals surface area contributed by atoms with Crippen molar-refractivity contribution in [1.82, 2.24) is 15.1 Å². The van der Waals surface area contributed by atoms with Crippen molar-refractivity contribution >= 4 is 35.1 Å². The summed E-state index contributed by atoms with van der Waals surface area (Å²) < 4.78 is 1.78. The molecule has 114 valence electrons. The lowest BCUT2D eigenvalue weighted by atomic mass is 10.0. The summed E-state index contributed by atoms with van der Waals surface area (Å²) in [4.78, 5) is 0. The first kappa shape index (κ1) is 16.5. The molecule has 0 saturated carbocycles. The van der Waals surface area contributed by atoms with Crippen molar-refractivity contribution in [2.24, 2.45) is 7.05 Å². The molecule has 1 aliphatic rings. The fourth-order valence-electron chi connectivity index (χ4n) is 2.53. The van der Waals surface area contributed by atoms with Gasteiger partial charge in [0, 0.05) is 41.2 Å². The van der Waals surface area contributed by atoms with Gasteiger partial charge in [-0.15, -0.1) is 0 Å². The molecule has 20 heavy (non-hydrogen) atoms. The summed E-state index contributed by atoms with van der Waals surface area (Å²) in [5, 5.41) is 9.62. The Balaban J connectivity index is 2.09.